The maximum atomic E-state index is 13.3. The Hall–Kier alpha value is -1.60. The van der Waals surface area contributed by atoms with E-state index in [1.54, 1.807) is 12.1 Å². The van der Waals surface area contributed by atoms with Crippen LogP contribution < -0.4 is 4.74 Å². The Bertz CT molecular complexity index is 527. The molecule has 1 aromatic carbocycles. The molecule has 0 N–H and O–H groups in total. The van der Waals surface area contributed by atoms with Crippen molar-refractivity contribution in [2.75, 3.05) is 7.11 Å². The molecule has 2 rings (SSSR count). The van der Waals surface area contributed by atoms with Gasteiger partial charge in [-0.2, -0.15) is 5.26 Å². The van der Waals surface area contributed by atoms with Gasteiger partial charge in [0.1, 0.15) is 11.6 Å². The van der Waals surface area contributed by atoms with E-state index >= 15 is 0 Å². The van der Waals surface area contributed by atoms with E-state index < -0.39 is 0 Å². The van der Waals surface area contributed by atoms with E-state index in [2.05, 4.69) is 0 Å². The Labute approximate surface area is 84.2 Å². The first kappa shape index (κ1) is 8.97. The Morgan fingerprint density at radius 3 is 2.93 bits per heavy atom. The normalized spacial score (nSPS) is 10.1. The minimum Gasteiger partial charge on any atom is -0.495 e. The van der Waals surface area contributed by atoms with Crippen LogP contribution >= 0.6 is 11.3 Å². The van der Waals surface area contributed by atoms with Crippen molar-refractivity contribution in [2.24, 2.45) is 0 Å². The van der Waals surface area contributed by atoms with E-state index in [4.69, 9.17) is 10.00 Å². The van der Waals surface area contributed by atoms with Gasteiger partial charge in [0.25, 0.3) is 0 Å². The third-order valence-corrected chi connectivity index (χ3v) is 2.95. The fourth-order valence-corrected chi connectivity index (χ4v) is 2.27. The number of thiophene rings is 1. The van der Waals surface area contributed by atoms with Crippen LogP contribution in [0.1, 0.15) is 5.56 Å². The van der Waals surface area contributed by atoms with Crippen molar-refractivity contribution < 1.29 is 9.13 Å². The lowest BCUT2D eigenvalue weighted by Gasteiger charge is -2.01. The molecule has 0 radical (unpaired) electrons. The minimum atomic E-state index is -0.361. The highest BCUT2D eigenvalue weighted by molar-refractivity contribution is 7.17. The highest BCUT2D eigenvalue weighted by Crippen LogP contribution is 2.34. The maximum absolute atomic E-state index is 13.3. The largest absolute Gasteiger partial charge is 0.495 e. The molecule has 1 heterocycles. The van der Waals surface area contributed by atoms with E-state index in [1.807, 2.05) is 6.07 Å². The molecule has 14 heavy (non-hydrogen) atoms. The lowest BCUT2D eigenvalue weighted by Crippen LogP contribution is -1.85. The van der Waals surface area contributed by atoms with E-state index in [-0.39, 0.29) is 5.82 Å². The fourth-order valence-electron chi connectivity index (χ4n) is 1.34. The zero-order valence-corrected chi connectivity index (χ0v) is 8.19. The van der Waals surface area contributed by atoms with E-state index in [0.29, 0.717) is 21.4 Å². The molecule has 0 saturated heterocycles. The molecule has 0 aliphatic heterocycles. The van der Waals surface area contributed by atoms with Crippen molar-refractivity contribution in [3.05, 3.63) is 28.9 Å². The highest BCUT2D eigenvalue weighted by atomic mass is 32.1. The van der Waals surface area contributed by atoms with Gasteiger partial charge in [-0.05, 0) is 12.1 Å². The predicted octanol–water partition coefficient (Wildman–Crippen LogP) is 2.92. The van der Waals surface area contributed by atoms with Gasteiger partial charge in [-0.25, -0.2) is 4.39 Å². The third kappa shape index (κ3) is 1.14. The Balaban J connectivity index is 2.89. The number of benzene rings is 1. The second-order valence-electron chi connectivity index (χ2n) is 2.71. The first-order valence-corrected chi connectivity index (χ1v) is 4.79. The van der Waals surface area contributed by atoms with Gasteiger partial charge in [0.2, 0.25) is 0 Å². The number of fused-ring (bicyclic) bond motifs is 1. The zero-order valence-electron chi connectivity index (χ0n) is 7.37. The van der Waals surface area contributed by atoms with Gasteiger partial charge < -0.3 is 4.74 Å². The molecule has 1 aromatic heterocycles. The molecule has 0 aliphatic rings. The van der Waals surface area contributed by atoms with Crippen LogP contribution in [0.5, 0.6) is 5.75 Å². The first-order valence-electron chi connectivity index (χ1n) is 3.91. The molecular weight excluding hydrogens is 201 g/mol. The Morgan fingerprint density at radius 1 is 1.50 bits per heavy atom. The van der Waals surface area contributed by atoms with Crippen molar-refractivity contribution in [1.29, 1.82) is 5.26 Å². The van der Waals surface area contributed by atoms with E-state index in [1.165, 1.54) is 23.8 Å². The number of nitriles is 1. The molecule has 0 saturated carbocycles. The molecule has 0 fully saturated rings. The molecule has 0 spiro atoms. The van der Waals surface area contributed by atoms with Crippen LogP contribution in [0.4, 0.5) is 4.39 Å². The Kier molecular flexibility index (Phi) is 2.10. The van der Waals surface area contributed by atoms with Gasteiger partial charge in [-0.1, -0.05) is 0 Å². The molecule has 2 aromatic rings. The van der Waals surface area contributed by atoms with Crippen LogP contribution in [0.25, 0.3) is 10.1 Å². The van der Waals surface area contributed by atoms with E-state index in [0.717, 1.165) is 0 Å². The zero-order chi connectivity index (χ0) is 10.1. The number of hydrogen-bond acceptors (Lipinski definition) is 3. The SMILES string of the molecule is COc1ccc(C#N)c2c(F)csc12. The molecule has 0 aliphatic carbocycles. The number of halogens is 1. The topological polar surface area (TPSA) is 33.0 Å². The van der Waals surface area contributed by atoms with Crippen molar-refractivity contribution in [3.63, 3.8) is 0 Å². The average molecular weight is 207 g/mol. The van der Waals surface area contributed by atoms with Gasteiger partial charge >= 0.3 is 0 Å². The summed E-state index contributed by atoms with van der Waals surface area (Å²) in [5.41, 5.74) is 0.347. The van der Waals surface area contributed by atoms with E-state index in [9.17, 15) is 4.39 Å². The summed E-state index contributed by atoms with van der Waals surface area (Å²) in [6, 6.07) is 5.20. The van der Waals surface area contributed by atoms with Crippen LogP contribution in [-0.4, -0.2) is 7.11 Å². The molecule has 70 valence electrons. The summed E-state index contributed by atoms with van der Waals surface area (Å²) in [6.45, 7) is 0. The monoisotopic (exact) mass is 207 g/mol. The van der Waals surface area contributed by atoms with Crippen molar-refractivity contribution in [1.82, 2.24) is 0 Å². The molecule has 0 amide bonds. The molecular formula is C10H6FNOS. The van der Waals surface area contributed by atoms with Crippen LogP contribution in [0.3, 0.4) is 0 Å². The lowest BCUT2D eigenvalue weighted by molar-refractivity contribution is 0.420. The number of methoxy groups -OCH3 is 1. The minimum absolute atomic E-state index is 0.347. The van der Waals surface area contributed by atoms with Gasteiger partial charge in [-0.15, -0.1) is 11.3 Å². The van der Waals surface area contributed by atoms with Gasteiger partial charge in [-0.3, -0.25) is 0 Å². The smallest absolute Gasteiger partial charge is 0.143 e. The summed E-state index contributed by atoms with van der Waals surface area (Å²) < 4.78 is 19.1. The molecule has 0 unspecified atom stereocenters. The highest BCUT2D eigenvalue weighted by Gasteiger charge is 2.12. The molecule has 0 bridgehead atoms. The van der Waals surface area contributed by atoms with Crippen LogP contribution in [0, 0.1) is 17.1 Å². The standard InChI is InChI=1S/C10H6FNOS/c1-13-8-3-2-6(4-12)9-7(11)5-14-10(8)9/h2-3,5H,1H3. The van der Waals surface area contributed by atoms with Crippen molar-refractivity contribution in [3.8, 4) is 11.8 Å². The summed E-state index contributed by atoms with van der Waals surface area (Å²) in [5.74, 6) is 0.244. The van der Waals surface area contributed by atoms with Gasteiger partial charge in [0.15, 0.2) is 0 Å². The second-order valence-corrected chi connectivity index (χ2v) is 3.59. The lowest BCUT2D eigenvalue weighted by atomic mass is 10.1. The summed E-state index contributed by atoms with van der Waals surface area (Å²) in [5, 5.41) is 10.5. The Morgan fingerprint density at radius 2 is 2.29 bits per heavy atom. The summed E-state index contributed by atoms with van der Waals surface area (Å²) >= 11 is 1.24. The van der Waals surface area contributed by atoms with Crippen molar-refractivity contribution in [2.45, 2.75) is 0 Å². The number of nitrogens with zero attached hydrogens (tertiary/aromatic N) is 1. The average Bonchev–Trinajstić information content (AvgIpc) is 2.60. The second kappa shape index (κ2) is 3.28. The van der Waals surface area contributed by atoms with Gasteiger partial charge in [0, 0.05) is 10.8 Å². The third-order valence-electron chi connectivity index (χ3n) is 1.98. The van der Waals surface area contributed by atoms with Crippen LogP contribution in [0.15, 0.2) is 17.5 Å². The summed E-state index contributed by atoms with van der Waals surface area (Å²) in [6.07, 6.45) is 0. The maximum Gasteiger partial charge on any atom is 0.143 e. The number of ether oxygens (including phenoxy) is 1. The quantitative estimate of drug-likeness (QED) is 0.720. The summed E-state index contributed by atoms with van der Waals surface area (Å²) in [4.78, 5) is 0. The van der Waals surface area contributed by atoms with Crippen LogP contribution in [-0.2, 0) is 0 Å². The van der Waals surface area contributed by atoms with Crippen molar-refractivity contribution >= 4 is 21.4 Å². The first-order chi connectivity index (χ1) is 6.77. The summed E-state index contributed by atoms with van der Waals surface area (Å²) in [7, 11) is 1.53. The predicted molar refractivity (Wildman–Crippen MR) is 53.1 cm³/mol. The molecule has 2 nitrogen and oxygen atoms in total. The van der Waals surface area contributed by atoms with Crippen LogP contribution in [0.2, 0.25) is 0 Å². The number of rotatable bonds is 1. The fraction of sp³-hybridized carbons (Fsp3) is 0.100. The molecule has 0 atom stereocenters. The van der Waals surface area contributed by atoms with Gasteiger partial charge in [0.05, 0.1) is 23.4 Å². The number of hydrogen-bond donors (Lipinski definition) is 0. The molecule has 4 heteroatoms.